The molecule has 0 amide bonds. The number of aromatic hydroxyl groups is 1. The monoisotopic (exact) mass is 208 g/mol. The van der Waals surface area contributed by atoms with Crippen molar-refractivity contribution in [3.8, 4) is 5.75 Å². The second-order valence-corrected chi connectivity index (χ2v) is 4.71. The van der Waals surface area contributed by atoms with Crippen LogP contribution in [0, 0.1) is 6.92 Å². The predicted molar refractivity (Wildman–Crippen MR) is 58.5 cm³/mol. The molecule has 0 fully saturated rings. The van der Waals surface area contributed by atoms with Crippen LogP contribution in [0.15, 0.2) is 12.1 Å². The molecule has 0 heterocycles. The van der Waals surface area contributed by atoms with Crippen molar-refractivity contribution in [2.45, 2.75) is 33.1 Å². The maximum Gasteiger partial charge on any atom is 0.339 e. The zero-order valence-electron chi connectivity index (χ0n) is 9.46. The van der Waals surface area contributed by atoms with E-state index >= 15 is 0 Å². The first-order valence-corrected chi connectivity index (χ1v) is 4.81. The van der Waals surface area contributed by atoms with E-state index in [9.17, 15) is 9.90 Å². The average molecular weight is 208 g/mol. The van der Waals surface area contributed by atoms with E-state index in [0.717, 1.165) is 0 Å². The van der Waals surface area contributed by atoms with Gasteiger partial charge in [0.05, 0.1) is 0 Å². The highest BCUT2D eigenvalue weighted by atomic mass is 16.4. The minimum Gasteiger partial charge on any atom is -0.507 e. The Morgan fingerprint density at radius 2 is 1.80 bits per heavy atom. The Bertz CT molecular complexity index is 400. The van der Waals surface area contributed by atoms with Crippen molar-refractivity contribution < 1.29 is 15.0 Å². The summed E-state index contributed by atoms with van der Waals surface area (Å²) in [4.78, 5) is 11.1. The molecule has 0 aliphatic rings. The minimum atomic E-state index is -1.08. The molecular formula is C12H16O3. The number of benzene rings is 1. The Morgan fingerprint density at radius 3 is 2.20 bits per heavy atom. The number of hydrogen-bond acceptors (Lipinski definition) is 2. The maximum absolute atomic E-state index is 11.1. The molecule has 0 saturated carbocycles. The van der Waals surface area contributed by atoms with Crippen molar-refractivity contribution in [3.63, 3.8) is 0 Å². The van der Waals surface area contributed by atoms with E-state index in [4.69, 9.17) is 5.11 Å². The van der Waals surface area contributed by atoms with Gasteiger partial charge in [0.25, 0.3) is 0 Å². The normalized spacial score (nSPS) is 11.5. The van der Waals surface area contributed by atoms with Crippen molar-refractivity contribution in [3.05, 3.63) is 28.8 Å². The Balaban J connectivity index is 3.55. The highest BCUT2D eigenvalue weighted by molar-refractivity contribution is 5.93. The first-order valence-electron chi connectivity index (χ1n) is 4.81. The standard InChI is InChI=1S/C12H16O3/c1-7-5-6-8(12(2,3)4)9(10(7)13)11(14)15/h5-6,13H,1-4H3,(H,14,15). The minimum absolute atomic E-state index is 0.0162. The quantitative estimate of drug-likeness (QED) is 0.746. The second-order valence-electron chi connectivity index (χ2n) is 4.71. The van der Waals surface area contributed by atoms with Crippen LogP contribution in [-0.2, 0) is 5.41 Å². The highest BCUT2D eigenvalue weighted by Crippen LogP contribution is 2.33. The molecule has 1 rings (SSSR count). The smallest absolute Gasteiger partial charge is 0.339 e. The number of aryl methyl sites for hydroxylation is 1. The van der Waals surface area contributed by atoms with E-state index in [1.807, 2.05) is 20.8 Å². The lowest BCUT2D eigenvalue weighted by Gasteiger charge is -2.22. The van der Waals surface area contributed by atoms with Gasteiger partial charge >= 0.3 is 5.97 Å². The fourth-order valence-corrected chi connectivity index (χ4v) is 1.54. The van der Waals surface area contributed by atoms with Gasteiger partial charge in [0.15, 0.2) is 0 Å². The van der Waals surface area contributed by atoms with E-state index in [2.05, 4.69) is 0 Å². The summed E-state index contributed by atoms with van der Waals surface area (Å²) in [5, 5.41) is 18.8. The van der Waals surface area contributed by atoms with Gasteiger partial charge in [0, 0.05) is 0 Å². The molecule has 0 atom stereocenters. The van der Waals surface area contributed by atoms with Gasteiger partial charge in [-0.25, -0.2) is 4.79 Å². The molecule has 0 spiro atoms. The number of carbonyl (C=O) groups is 1. The van der Waals surface area contributed by atoms with Gasteiger partial charge in [-0.3, -0.25) is 0 Å². The Morgan fingerprint density at radius 1 is 1.27 bits per heavy atom. The number of carboxylic acid groups (broad SMARTS) is 1. The predicted octanol–water partition coefficient (Wildman–Crippen LogP) is 2.70. The van der Waals surface area contributed by atoms with Crippen molar-refractivity contribution in [2.75, 3.05) is 0 Å². The van der Waals surface area contributed by atoms with Crippen LogP contribution in [0.3, 0.4) is 0 Å². The first kappa shape index (κ1) is 11.6. The summed E-state index contributed by atoms with van der Waals surface area (Å²) < 4.78 is 0. The number of hydrogen-bond donors (Lipinski definition) is 2. The molecule has 0 bridgehead atoms. The molecule has 3 nitrogen and oxygen atoms in total. The van der Waals surface area contributed by atoms with E-state index in [0.29, 0.717) is 11.1 Å². The Hall–Kier alpha value is -1.51. The van der Waals surface area contributed by atoms with Crippen molar-refractivity contribution in [1.82, 2.24) is 0 Å². The van der Waals surface area contributed by atoms with Crippen LogP contribution < -0.4 is 0 Å². The molecular weight excluding hydrogens is 192 g/mol. The molecule has 3 heteroatoms. The largest absolute Gasteiger partial charge is 0.507 e. The van der Waals surface area contributed by atoms with Crippen LogP contribution in [-0.4, -0.2) is 16.2 Å². The van der Waals surface area contributed by atoms with Crippen molar-refractivity contribution >= 4 is 5.97 Å². The third-order valence-electron chi connectivity index (χ3n) is 2.40. The van der Waals surface area contributed by atoms with E-state index in [-0.39, 0.29) is 16.7 Å². The lowest BCUT2D eigenvalue weighted by Crippen LogP contribution is -2.17. The lowest BCUT2D eigenvalue weighted by atomic mass is 9.82. The van der Waals surface area contributed by atoms with Crippen LogP contribution in [0.25, 0.3) is 0 Å². The average Bonchev–Trinajstić information content (AvgIpc) is 2.06. The SMILES string of the molecule is Cc1ccc(C(C)(C)C)c(C(=O)O)c1O. The first-order chi connectivity index (χ1) is 6.75. The summed E-state index contributed by atoms with van der Waals surface area (Å²) in [7, 11) is 0. The molecule has 0 saturated heterocycles. The molecule has 82 valence electrons. The fourth-order valence-electron chi connectivity index (χ4n) is 1.54. The molecule has 0 radical (unpaired) electrons. The van der Waals surface area contributed by atoms with Gasteiger partial charge in [0.1, 0.15) is 11.3 Å². The lowest BCUT2D eigenvalue weighted by molar-refractivity contribution is 0.0690. The Kier molecular flexibility index (Phi) is 2.75. The second kappa shape index (κ2) is 3.57. The summed E-state index contributed by atoms with van der Waals surface area (Å²) in [6.45, 7) is 7.45. The zero-order chi connectivity index (χ0) is 11.8. The topological polar surface area (TPSA) is 57.5 Å². The van der Waals surface area contributed by atoms with E-state index in [1.54, 1.807) is 19.1 Å². The van der Waals surface area contributed by atoms with Crippen LogP contribution in [0.2, 0.25) is 0 Å². The van der Waals surface area contributed by atoms with E-state index < -0.39 is 5.97 Å². The molecule has 15 heavy (non-hydrogen) atoms. The summed E-state index contributed by atoms with van der Waals surface area (Å²) in [6, 6.07) is 3.50. The third-order valence-corrected chi connectivity index (χ3v) is 2.40. The van der Waals surface area contributed by atoms with E-state index in [1.165, 1.54) is 0 Å². The van der Waals surface area contributed by atoms with Crippen LogP contribution >= 0.6 is 0 Å². The van der Waals surface area contributed by atoms with Crippen molar-refractivity contribution in [2.24, 2.45) is 0 Å². The van der Waals surface area contributed by atoms with Gasteiger partial charge in [-0.05, 0) is 23.5 Å². The highest BCUT2D eigenvalue weighted by Gasteiger charge is 2.25. The number of aromatic carboxylic acids is 1. The number of phenols is 1. The van der Waals surface area contributed by atoms with Crippen molar-refractivity contribution in [1.29, 1.82) is 0 Å². The summed E-state index contributed by atoms with van der Waals surface area (Å²) >= 11 is 0. The van der Waals surface area contributed by atoms with Crippen LogP contribution in [0.4, 0.5) is 0 Å². The number of carboxylic acids is 1. The Labute approximate surface area is 89.4 Å². The number of rotatable bonds is 1. The summed E-state index contributed by atoms with van der Waals surface area (Å²) in [6.07, 6.45) is 0. The molecule has 1 aromatic carbocycles. The molecule has 0 unspecified atom stereocenters. The molecule has 0 aliphatic heterocycles. The summed E-state index contributed by atoms with van der Waals surface area (Å²) in [5.74, 6) is -1.21. The van der Waals surface area contributed by atoms with Gasteiger partial charge < -0.3 is 10.2 Å². The molecule has 1 aromatic rings. The van der Waals surface area contributed by atoms with Gasteiger partial charge in [-0.2, -0.15) is 0 Å². The maximum atomic E-state index is 11.1. The van der Waals surface area contributed by atoms with Gasteiger partial charge in [0.2, 0.25) is 0 Å². The fraction of sp³-hybridized carbons (Fsp3) is 0.417. The zero-order valence-corrected chi connectivity index (χ0v) is 9.46. The molecule has 0 aromatic heterocycles. The summed E-state index contributed by atoms with van der Waals surface area (Å²) in [5.41, 5.74) is 0.958. The third kappa shape index (κ3) is 2.12. The van der Waals surface area contributed by atoms with Gasteiger partial charge in [-0.15, -0.1) is 0 Å². The van der Waals surface area contributed by atoms with Crippen LogP contribution in [0.5, 0.6) is 5.75 Å². The van der Waals surface area contributed by atoms with Crippen LogP contribution in [0.1, 0.15) is 42.3 Å². The van der Waals surface area contributed by atoms with Gasteiger partial charge in [-0.1, -0.05) is 32.9 Å². The molecule has 2 N–H and O–H groups in total. The molecule has 0 aliphatic carbocycles.